The predicted molar refractivity (Wildman–Crippen MR) is 67.7 cm³/mol. The Hall–Kier alpha value is -0.570. The van der Waals surface area contributed by atoms with Crippen LogP contribution in [0, 0.1) is 11.8 Å². The average molecular weight is 236 g/mol. The molecule has 96 valence electrons. The van der Waals surface area contributed by atoms with Gasteiger partial charge in [-0.2, -0.15) is 0 Å². The van der Waals surface area contributed by atoms with E-state index in [1.807, 2.05) is 0 Å². The van der Waals surface area contributed by atoms with E-state index in [-0.39, 0.29) is 0 Å². The molecule has 0 radical (unpaired) electrons. The number of hydrogen-bond acceptors (Lipinski definition) is 2. The van der Waals surface area contributed by atoms with Gasteiger partial charge < -0.3 is 9.80 Å². The highest BCUT2D eigenvalue weighted by Gasteiger charge is 2.31. The molecule has 0 atom stereocenters. The summed E-state index contributed by atoms with van der Waals surface area (Å²) in [5.74, 6) is 1.80. The second kappa shape index (κ2) is 4.97. The monoisotopic (exact) mass is 236 g/mol. The van der Waals surface area contributed by atoms with Gasteiger partial charge in [-0.25, -0.2) is 0 Å². The minimum absolute atomic E-state index is 0.380. The number of carbonyl (C=O) groups excluding carboxylic acids is 1. The van der Waals surface area contributed by atoms with Crippen LogP contribution in [0.4, 0.5) is 0 Å². The Morgan fingerprint density at radius 1 is 0.941 bits per heavy atom. The lowest BCUT2D eigenvalue weighted by Crippen LogP contribution is -2.41. The Bertz CT molecular complexity index is 284. The summed E-state index contributed by atoms with van der Waals surface area (Å²) in [6.45, 7) is 5.56. The highest BCUT2D eigenvalue weighted by atomic mass is 16.2. The van der Waals surface area contributed by atoms with Crippen molar-refractivity contribution < 1.29 is 4.79 Å². The highest BCUT2D eigenvalue weighted by Crippen LogP contribution is 2.31. The molecular weight excluding hydrogens is 212 g/mol. The van der Waals surface area contributed by atoms with Gasteiger partial charge in [0.2, 0.25) is 5.91 Å². The molecule has 1 aliphatic heterocycles. The van der Waals surface area contributed by atoms with Crippen molar-refractivity contribution in [3.63, 3.8) is 0 Å². The molecule has 17 heavy (non-hydrogen) atoms. The van der Waals surface area contributed by atoms with Crippen LogP contribution >= 0.6 is 0 Å². The van der Waals surface area contributed by atoms with Crippen LogP contribution in [-0.4, -0.2) is 48.4 Å². The van der Waals surface area contributed by atoms with Gasteiger partial charge in [-0.15, -0.1) is 0 Å². The maximum Gasteiger partial charge on any atom is 0.225 e. The maximum atomic E-state index is 12.2. The van der Waals surface area contributed by atoms with E-state index in [4.69, 9.17) is 0 Å². The SMILES string of the molecule is O=C(C1CCC1)N1CCCN(CC2CC2)CC1. The van der Waals surface area contributed by atoms with Crippen molar-refractivity contribution in [1.29, 1.82) is 0 Å². The van der Waals surface area contributed by atoms with Crippen LogP contribution in [0.3, 0.4) is 0 Å². The predicted octanol–water partition coefficient (Wildman–Crippen LogP) is 1.73. The Balaban J connectivity index is 1.48. The first-order valence-corrected chi connectivity index (χ1v) is 7.34. The van der Waals surface area contributed by atoms with E-state index in [0.29, 0.717) is 11.8 Å². The van der Waals surface area contributed by atoms with Gasteiger partial charge in [0.25, 0.3) is 0 Å². The molecule has 3 rings (SSSR count). The van der Waals surface area contributed by atoms with E-state index in [0.717, 1.165) is 38.4 Å². The molecule has 0 bridgehead atoms. The molecule has 3 heteroatoms. The number of nitrogens with zero attached hydrogens (tertiary/aromatic N) is 2. The minimum atomic E-state index is 0.380. The van der Waals surface area contributed by atoms with Crippen LogP contribution in [0.2, 0.25) is 0 Å². The first-order chi connectivity index (χ1) is 8.33. The lowest BCUT2D eigenvalue weighted by Gasteiger charge is -2.31. The number of hydrogen-bond donors (Lipinski definition) is 0. The Morgan fingerprint density at radius 3 is 2.41 bits per heavy atom. The first-order valence-electron chi connectivity index (χ1n) is 7.34. The van der Waals surface area contributed by atoms with Crippen LogP contribution in [0.5, 0.6) is 0 Å². The summed E-state index contributed by atoms with van der Waals surface area (Å²) in [6, 6.07) is 0. The van der Waals surface area contributed by atoms with E-state index >= 15 is 0 Å². The molecule has 0 unspecified atom stereocenters. The largest absolute Gasteiger partial charge is 0.341 e. The summed E-state index contributed by atoms with van der Waals surface area (Å²) in [5, 5.41) is 0. The van der Waals surface area contributed by atoms with E-state index in [9.17, 15) is 4.79 Å². The van der Waals surface area contributed by atoms with Crippen LogP contribution < -0.4 is 0 Å². The normalized spacial score (nSPS) is 27.6. The number of rotatable bonds is 3. The van der Waals surface area contributed by atoms with Crippen LogP contribution in [0.1, 0.15) is 38.5 Å². The summed E-state index contributed by atoms with van der Waals surface area (Å²) in [4.78, 5) is 16.9. The van der Waals surface area contributed by atoms with Gasteiger partial charge in [-0.05, 0) is 44.6 Å². The van der Waals surface area contributed by atoms with Gasteiger partial charge in [0.05, 0.1) is 0 Å². The third-order valence-electron chi connectivity index (χ3n) is 4.57. The quantitative estimate of drug-likeness (QED) is 0.745. The summed E-state index contributed by atoms with van der Waals surface area (Å²) >= 11 is 0. The summed E-state index contributed by atoms with van der Waals surface area (Å²) in [5.41, 5.74) is 0. The minimum Gasteiger partial charge on any atom is -0.341 e. The smallest absolute Gasteiger partial charge is 0.225 e. The zero-order valence-corrected chi connectivity index (χ0v) is 10.7. The third-order valence-corrected chi connectivity index (χ3v) is 4.57. The van der Waals surface area contributed by atoms with E-state index in [1.54, 1.807) is 0 Å². The fraction of sp³-hybridized carbons (Fsp3) is 0.929. The van der Waals surface area contributed by atoms with Gasteiger partial charge in [0, 0.05) is 32.1 Å². The summed E-state index contributed by atoms with van der Waals surface area (Å²) < 4.78 is 0. The van der Waals surface area contributed by atoms with Crippen molar-refractivity contribution in [1.82, 2.24) is 9.80 Å². The third kappa shape index (κ3) is 2.82. The van der Waals surface area contributed by atoms with Crippen LogP contribution in [0.15, 0.2) is 0 Å². The molecule has 3 fully saturated rings. The lowest BCUT2D eigenvalue weighted by molar-refractivity contribution is -0.138. The molecular formula is C14H24N2O. The first kappa shape index (κ1) is 11.5. The highest BCUT2D eigenvalue weighted by molar-refractivity contribution is 5.79. The van der Waals surface area contributed by atoms with E-state index in [2.05, 4.69) is 9.80 Å². The van der Waals surface area contributed by atoms with Crippen LogP contribution in [-0.2, 0) is 4.79 Å². The summed E-state index contributed by atoms with van der Waals surface area (Å²) in [7, 11) is 0. The fourth-order valence-electron chi connectivity index (χ4n) is 2.95. The van der Waals surface area contributed by atoms with Gasteiger partial charge in [0.15, 0.2) is 0 Å². The topological polar surface area (TPSA) is 23.6 Å². The maximum absolute atomic E-state index is 12.2. The molecule has 2 saturated carbocycles. The molecule has 0 N–H and O–H groups in total. The Morgan fingerprint density at radius 2 is 1.76 bits per heavy atom. The molecule has 0 aromatic rings. The van der Waals surface area contributed by atoms with Gasteiger partial charge in [-0.1, -0.05) is 6.42 Å². The molecule has 3 aliphatic rings. The van der Waals surface area contributed by atoms with Gasteiger partial charge in [0.1, 0.15) is 0 Å². The van der Waals surface area contributed by atoms with E-state index in [1.165, 1.54) is 38.8 Å². The molecule has 3 nitrogen and oxygen atoms in total. The molecule has 0 aromatic heterocycles. The van der Waals surface area contributed by atoms with Gasteiger partial charge >= 0.3 is 0 Å². The van der Waals surface area contributed by atoms with Crippen molar-refractivity contribution in [3.05, 3.63) is 0 Å². The molecule has 0 spiro atoms. The molecule has 2 aliphatic carbocycles. The Kier molecular flexibility index (Phi) is 3.37. The zero-order valence-electron chi connectivity index (χ0n) is 10.7. The average Bonchev–Trinajstić information content (AvgIpc) is 3.03. The van der Waals surface area contributed by atoms with Crippen LogP contribution in [0.25, 0.3) is 0 Å². The van der Waals surface area contributed by atoms with Gasteiger partial charge in [-0.3, -0.25) is 4.79 Å². The van der Waals surface area contributed by atoms with Crippen molar-refractivity contribution in [3.8, 4) is 0 Å². The standard InChI is InChI=1S/C14H24N2O/c17-14(13-3-1-4-13)16-8-2-7-15(9-10-16)11-12-5-6-12/h12-13H,1-11H2. The number of carbonyl (C=O) groups is 1. The lowest BCUT2D eigenvalue weighted by atomic mass is 9.84. The fourth-order valence-corrected chi connectivity index (χ4v) is 2.95. The second-order valence-corrected chi connectivity index (χ2v) is 6.05. The summed E-state index contributed by atoms with van der Waals surface area (Å²) in [6.07, 6.45) is 7.58. The second-order valence-electron chi connectivity index (χ2n) is 6.05. The zero-order chi connectivity index (χ0) is 11.7. The molecule has 1 amide bonds. The van der Waals surface area contributed by atoms with E-state index < -0.39 is 0 Å². The van der Waals surface area contributed by atoms with Crippen molar-refractivity contribution in [2.24, 2.45) is 11.8 Å². The molecule has 0 aromatic carbocycles. The van der Waals surface area contributed by atoms with Crippen molar-refractivity contribution in [2.75, 3.05) is 32.7 Å². The number of amides is 1. The van der Waals surface area contributed by atoms with Crippen molar-refractivity contribution >= 4 is 5.91 Å². The molecule has 1 heterocycles. The molecule has 1 saturated heterocycles. The van der Waals surface area contributed by atoms with Crippen molar-refractivity contribution in [2.45, 2.75) is 38.5 Å². The Labute approximate surface area is 104 Å².